The summed E-state index contributed by atoms with van der Waals surface area (Å²) in [5.41, 5.74) is 0.997. The number of esters is 1. The predicted molar refractivity (Wildman–Crippen MR) is 72.0 cm³/mol. The lowest BCUT2D eigenvalue weighted by Gasteiger charge is -2.10. The van der Waals surface area contributed by atoms with Crippen molar-refractivity contribution in [1.29, 1.82) is 0 Å². The van der Waals surface area contributed by atoms with Crippen molar-refractivity contribution >= 4 is 17.0 Å². The van der Waals surface area contributed by atoms with Gasteiger partial charge in [-0.05, 0) is 26.0 Å². The molecule has 0 radical (unpaired) electrons. The molecule has 0 N–H and O–H groups in total. The molecule has 2 aromatic rings. The van der Waals surface area contributed by atoms with Gasteiger partial charge in [0.2, 0.25) is 5.43 Å². The quantitative estimate of drug-likeness (QED) is 0.624. The molecule has 0 aliphatic rings. The number of carbonyl (C=O) groups is 1. The first-order valence-corrected chi connectivity index (χ1v) is 5.91. The number of pyridine rings is 2. The highest BCUT2D eigenvalue weighted by Gasteiger charge is 2.16. The summed E-state index contributed by atoms with van der Waals surface area (Å²) in [7, 11) is 0. The van der Waals surface area contributed by atoms with E-state index in [-0.39, 0.29) is 11.0 Å². The van der Waals surface area contributed by atoms with Crippen LogP contribution in [0.5, 0.6) is 0 Å². The molecule has 98 valence electrons. The Morgan fingerprint density at radius 3 is 2.89 bits per heavy atom. The maximum absolute atomic E-state index is 12.2. The van der Waals surface area contributed by atoms with Gasteiger partial charge in [0.05, 0.1) is 11.6 Å². The molecular formula is C14H14N2O3. The summed E-state index contributed by atoms with van der Waals surface area (Å²) < 4.78 is 6.43. The van der Waals surface area contributed by atoms with Gasteiger partial charge in [0, 0.05) is 18.4 Å². The van der Waals surface area contributed by atoms with Gasteiger partial charge in [0.25, 0.3) is 0 Å². The van der Waals surface area contributed by atoms with Crippen LogP contribution in [0.15, 0.2) is 36.0 Å². The summed E-state index contributed by atoms with van der Waals surface area (Å²) in [5, 5.41) is 0.408. The first-order valence-electron chi connectivity index (χ1n) is 5.91. The predicted octanol–water partition coefficient (Wildman–Crippen LogP) is 2.03. The number of hydrogen-bond acceptors (Lipinski definition) is 4. The van der Waals surface area contributed by atoms with Crippen molar-refractivity contribution in [3.63, 3.8) is 0 Å². The molecule has 0 spiro atoms. The number of carbonyl (C=O) groups excluding carboxylic acids is 1. The molecule has 0 fully saturated rings. The van der Waals surface area contributed by atoms with Crippen LogP contribution in [0, 0.1) is 6.92 Å². The van der Waals surface area contributed by atoms with Crippen LogP contribution in [0.25, 0.3) is 11.0 Å². The lowest BCUT2D eigenvalue weighted by Crippen LogP contribution is -2.20. The highest BCUT2D eigenvalue weighted by Crippen LogP contribution is 2.11. The summed E-state index contributed by atoms with van der Waals surface area (Å²) in [6.07, 6.45) is 2.48. The molecule has 0 aliphatic carbocycles. The molecule has 5 nitrogen and oxygen atoms in total. The summed E-state index contributed by atoms with van der Waals surface area (Å²) >= 11 is 0. The van der Waals surface area contributed by atoms with Crippen molar-refractivity contribution in [2.24, 2.45) is 0 Å². The molecule has 0 bridgehead atoms. The molecule has 0 atom stereocenters. The minimum atomic E-state index is -0.704. The number of nitrogens with zero attached hydrogens (tertiary/aromatic N) is 2. The van der Waals surface area contributed by atoms with Crippen LogP contribution in [0.3, 0.4) is 0 Å². The van der Waals surface area contributed by atoms with Crippen LogP contribution in [-0.2, 0) is 11.3 Å². The van der Waals surface area contributed by atoms with Crippen molar-refractivity contribution in [1.82, 2.24) is 9.55 Å². The third kappa shape index (κ3) is 2.27. The summed E-state index contributed by atoms with van der Waals surface area (Å²) in [4.78, 5) is 28.3. The molecule has 0 amide bonds. The smallest absolute Gasteiger partial charge is 0.348 e. The first-order chi connectivity index (χ1) is 9.08. The van der Waals surface area contributed by atoms with E-state index in [0.717, 1.165) is 12.0 Å². The monoisotopic (exact) mass is 258 g/mol. The van der Waals surface area contributed by atoms with Crippen LogP contribution in [0.1, 0.15) is 23.0 Å². The Labute approximate surface area is 110 Å². The van der Waals surface area contributed by atoms with E-state index in [1.54, 1.807) is 16.7 Å². The number of aryl methyl sites for hydroxylation is 2. The Morgan fingerprint density at radius 2 is 2.26 bits per heavy atom. The molecule has 2 rings (SSSR count). The van der Waals surface area contributed by atoms with E-state index in [1.807, 2.05) is 13.8 Å². The van der Waals surface area contributed by atoms with Gasteiger partial charge in [-0.25, -0.2) is 9.78 Å². The summed E-state index contributed by atoms with van der Waals surface area (Å²) in [6, 6.07) is 3.42. The van der Waals surface area contributed by atoms with Gasteiger partial charge in [0.15, 0.2) is 0 Å². The molecule has 0 aliphatic heterocycles. The molecule has 19 heavy (non-hydrogen) atoms. The van der Waals surface area contributed by atoms with Gasteiger partial charge in [-0.2, -0.15) is 0 Å². The second kappa shape index (κ2) is 5.06. The van der Waals surface area contributed by atoms with Crippen LogP contribution in [0.2, 0.25) is 0 Å². The number of fused-ring (bicyclic) bond motifs is 1. The van der Waals surface area contributed by atoms with E-state index in [0.29, 0.717) is 17.6 Å². The van der Waals surface area contributed by atoms with E-state index >= 15 is 0 Å². The zero-order valence-electron chi connectivity index (χ0n) is 10.8. The van der Waals surface area contributed by atoms with E-state index in [1.165, 1.54) is 6.20 Å². The zero-order valence-corrected chi connectivity index (χ0v) is 10.8. The first kappa shape index (κ1) is 13.0. The molecular weight excluding hydrogens is 244 g/mol. The number of ether oxygens (including phenoxy) is 1. The van der Waals surface area contributed by atoms with Crippen LogP contribution in [-0.4, -0.2) is 15.5 Å². The summed E-state index contributed by atoms with van der Waals surface area (Å²) in [5.74, 6) is -0.704. The van der Waals surface area contributed by atoms with Crippen molar-refractivity contribution < 1.29 is 9.53 Å². The van der Waals surface area contributed by atoms with Gasteiger partial charge in [-0.15, -0.1) is 0 Å². The van der Waals surface area contributed by atoms with Crippen molar-refractivity contribution in [2.75, 3.05) is 0 Å². The van der Waals surface area contributed by atoms with Crippen molar-refractivity contribution in [3.8, 4) is 0 Å². The average molecular weight is 258 g/mol. The molecule has 0 unspecified atom stereocenters. The third-order valence-corrected chi connectivity index (χ3v) is 2.81. The highest BCUT2D eigenvalue weighted by atomic mass is 16.5. The Balaban J connectivity index is 2.79. The largest absolute Gasteiger partial charge is 0.431 e. The second-order valence-corrected chi connectivity index (χ2v) is 4.05. The zero-order chi connectivity index (χ0) is 14.0. The highest BCUT2D eigenvalue weighted by molar-refractivity contribution is 5.93. The van der Waals surface area contributed by atoms with Gasteiger partial charge < -0.3 is 9.30 Å². The number of aromatic nitrogens is 2. The molecule has 0 saturated heterocycles. The van der Waals surface area contributed by atoms with Crippen molar-refractivity contribution in [2.45, 2.75) is 20.4 Å². The van der Waals surface area contributed by atoms with Gasteiger partial charge in [-0.1, -0.05) is 6.58 Å². The van der Waals surface area contributed by atoms with E-state index < -0.39 is 5.97 Å². The Morgan fingerprint density at radius 1 is 1.53 bits per heavy atom. The third-order valence-electron chi connectivity index (χ3n) is 2.81. The topological polar surface area (TPSA) is 61.2 Å². The molecule has 0 saturated carbocycles. The van der Waals surface area contributed by atoms with Crippen molar-refractivity contribution in [3.05, 3.63) is 52.7 Å². The van der Waals surface area contributed by atoms with E-state index in [4.69, 9.17) is 0 Å². The summed E-state index contributed by atoms with van der Waals surface area (Å²) in [6.45, 7) is 7.67. The lowest BCUT2D eigenvalue weighted by atomic mass is 10.2. The Bertz CT molecular complexity index is 716. The number of hydrogen-bond donors (Lipinski definition) is 0. The van der Waals surface area contributed by atoms with E-state index in [9.17, 15) is 9.59 Å². The second-order valence-electron chi connectivity index (χ2n) is 4.05. The van der Waals surface area contributed by atoms with Crippen LogP contribution >= 0.6 is 0 Å². The molecule has 2 heterocycles. The fourth-order valence-electron chi connectivity index (χ4n) is 1.89. The fraction of sp³-hybridized carbons (Fsp3) is 0.214. The van der Waals surface area contributed by atoms with Gasteiger partial charge in [0.1, 0.15) is 11.2 Å². The molecule has 0 aromatic carbocycles. The molecule has 5 heteroatoms. The lowest BCUT2D eigenvalue weighted by molar-refractivity contribution is 0.0662. The SMILES string of the molecule is C=COC(=O)c1cn(CC)c2nc(C)ccc2c1=O. The Kier molecular flexibility index (Phi) is 3.46. The van der Waals surface area contributed by atoms with Crippen LogP contribution < -0.4 is 5.43 Å². The molecule has 2 aromatic heterocycles. The average Bonchev–Trinajstić information content (AvgIpc) is 2.39. The van der Waals surface area contributed by atoms with Crippen LogP contribution in [0.4, 0.5) is 0 Å². The normalized spacial score (nSPS) is 10.4. The maximum Gasteiger partial charge on any atom is 0.348 e. The minimum Gasteiger partial charge on any atom is -0.431 e. The maximum atomic E-state index is 12.2. The van der Waals surface area contributed by atoms with Gasteiger partial charge in [-0.3, -0.25) is 4.79 Å². The standard InChI is InChI=1S/C14H14N2O3/c1-4-16-8-11(14(18)19-5-2)12(17)10-7-6-9(3)15-13(10)16/h5-8H,2,4H2,1,3H3. The minimum absolute atomic E-state index is 0.0140. The van der Waals surface area contributed by atoms with E-state index in [2.05, 4.69) is 16.3 Å². The number of rotatable bonds is 3. The Hall–Kier alpha value is -2.43. The van der Waals surface area contributed by atoms with Gasteiger partial charge >= 0.3 is 5.97 Å². The fourth-order valence-corrected chi connectivity index (χ4v) is 1.89.